The van der Waals surface area contributed by atoms with E-state index in [0.29, 0.717) is 4.47 Å². The molecule has 0 radical (unpaired) electrons. The Labute approximate surface area is 106 Å². The van der Waals surface area contributed by atoms with E-state index in [4.69, 9.17) is 0 Å². The Morgan fingerprint density at radius 1 is 1.40 bits per heavy atom. The molecular formula is C9H5BrF3IO. The van der Waals surface area contributed by atoms with Crippen molar-refractivity contribution in [3.05, 3.63) is 31.3 Å². The van der Waals surface area contributed by atoms with E-state index in [-0.39, 0.29) is 9.13 Å². The van der Waals surface area contributed by atoms with Crippen LogP contribution in [0.15, 0.2) is 16.6 Å². The van der Waals surface area contributed by atoms with Gasteiger partial charge in [0.1, 0.15) is 0 Å². The molecule has 0 saturated carbocycles. The zero-order valence-corrected chi connectivity index (χ0v) is 11.2. The van der Waals surface area contributed by atoms with Gasteiger partial charge in [-0.2, -0.15) is 13.2 Å². The monoisotopic (exact) mass is 392 g/mol. The average Bonchev–Trinajstić information content (AvgIpc) is 1.99. The fraction of sp³-hybridized carbons (Fsp3) is 0.222. The van der Waals surface area contributed by atoms with E-state index < -0.39 is 17.5 Å². The molecule has 1 aromatic rings. The molecule has 0 fully saturated rings. The van der Waals surface area contributed by atoms with E-state index in [0.717, 1.165) is 6.92 Å². The molecule has 0 aliphatic heterocycles. The first kappa shape index (κ1) is 13.0. The Hall–Kier alpha value is -0.110. The van der Waals surface area contributed by atoms with Crippen molar-refractivity contribution in [1.82, 2.24) is 0 Å². The van der Waals surface area contributed by atoms with Crippen LogP contribution in [0.2, 0.25) is 0 Å². The Morgan fingerprint density at radius 3 is 2.33 bits per heavy atom. The van der Waals surface area contributed by atoms with Gasteiger partial charge in [0, 0.05) is 13.6 Å². The lowest BCUT2D eigenvalue weighted by Gasteiger charge is -2.13. The van der Waals surface area contributed by atoms with Crippen molar-refractivity contribution in [2.24, 2.45) is 0 Å². The third-order valence-electron chi connectivity index (χ3n) is 1.72. The SMILES string of the molecule is CC(=O)c1cc(Br)cc(I)c1C(F)(F)F. The molecule has 0 bridgehead atoms. The number of Topliss-reactive ketones (excluding diaryl/α,β-unsaturated/α-hetero) is 1. The van der Waals surface area contributed by atoms with Gasteiger partial charge < -0.3 is 0 Å². The van der Waals surface area contributed by atoms with Crippen LogP contribution in [0.3, 0.4) is 0 Å². The molecule has 1 rings (SSSR count). The Bertz CT molecular complexity index is 415. The number of alkyl halides is 3. The van der Waals surface area contributed by atoms with Gasteiger partial charge >= 0.3 is 6.18 Å². The maximum absolute atomic E-state index is 12.6. The van der Waals surface area contributed by atoms with Crippen LogP contribution in [0.5, 0.6) is 0 Å². The maximum Gasteiger partial charge on any atom is 0.418 e. The van der Waals surface area contributed by atoms with Crippen molar-refractivity contribution in [2.45, 2.75) is 13.1 Å². The Kier molecular flexibility index (Phi) is 3.80. The van der Waals surface area contributed by atoms with E-state index >= 15 is 0 Å². The highest BCUT2D eigenvalue weighted by molar-refractivity contribution is 14.1. The van der Waals surface area contributed by atoms with Gasteiger partial charge in [-0.05, 0) is 41.6 Å². The van der Waals surface area contributed by atoms with Crippen molar-refractivity contribution >= 4 is 44.3 Å². The van der Waals surface area contributed by atoms with Gasteiger partial charge in [-0.1, -0.05) is 15.9 Å². The maximum atomic E-state index is 12.6. The highest BCUT2D eigenvalue weighted by Crippen LogP contribution is 2.37. The molecule has 0 amide bonds. The summed E-state index contributed by atoms with van der Waals surface area (Å²) in [5.41, 5.74) is -1.17. The smallest absolute Gasteiger partial charge is 0.294 e. The molecule has 1 nitrogen and oxygen atoms in total. The summed E-state index contributed by atoms with van der Waals surface area (Å²) in [6, 6.07) is 2.52. The minimum Gasteiger partial charge on any atom is -0.294 e. The molecule has 0 spiro atoms. The standard InChI is InChI=1S/C9H5BrF3IO/c1-4(15)6-2-5(10)3-7(14)8(6)9(11,12)13/h2-3H,1H3. The summed E-state index contributed by atoms with van der Waals surface area (Å²) < 4.78 is 38.4. The summed E-state index contributed by atoms with van der Waals surface area (Å²) in [5.74, 6) is -0.596. The van der Waals surface area contributed by atoms with Crippen LogP contribution in [0.4, 0.5) is 13.2 Å². The molecule has 6 heteroatoms. The minimum atomic E-state index is -4.50. The van der Waals surface area contributed by atoms with E-state index in [1.165, 1.54) is 12.1 Å². The highest BCUT2D eigenvalue weighted by atomic mass is 127. The van der Waals surface area contributed by atoms with Crippen molar-refractivity contribution in [2.75, 3.05) is 0 Å². The van der Waals surface area contributed by atoms with Gasteiger partial charge in [-0.25, -0.2) is 0 Å². The zero-order chi connectivity index (χ0) is 11.8. The fourth-order valence-corrected chi connectivity index (χ4v) is 2.96. The van der Waals surface area contributed by atoms with Crippen molar-refractivity contribution in [3.63, 3.8) is 0 Å². The summed E-state index contributed by atoms with van der Waals surface area (Å²) in [6.45, 7) is 1.12. The van der Waals surface area contributed by atoms with Crippen LogP contribution in [0.25, 0.3) is 0 Å². The van der Waals surface area contributed by atoms with E-state index in [9.17, 15) is 18.0 Å². The van der Waals surface area contributed by atoms with Gasteiger partial charge in [-0.15, -0.1) is 0 Å². The second kappa shape index (κ2) is 4.40. The molecule has 0 saturated heterocycles. The van der Waals surface area contributed by atoms with E-state index in [1.54, 1.807) is 22.6 Å². The number of hydrogen-bond donors (Lipinski definition) is 0. The number of hydrogen-bond acceptors (Lipinski definition) is 1. The zero-order valence-electron chi connectivity index (χ0n) is 7.45. The molecule has 82 valence electrons. The lowest BCUT2D eigenvalue weighted by molar-refractivity contribution is -0.138. The minimum absolute atomic E-state index is 0.0136. The number of halogens is 5. The normalized spacial score (nSPS) is 11.6. The van der Waals surface area contributed by atoms with Crippen LogP contribution in [0, 0.1) is 3.57 Å². The van der Waals surface area contributed by atoms with Crippen LogP contribution in [-0.2, 0) is 6.18 Å². The van der Waals surface area contributed by atoms with Gasteiger partial charge in [0.25, 0.3) is 0 Å². The molecule has 15 heavy (non-hydrogen) atoms. The first-order chi connectivity index (χ1) is 6.73. The third-order valence-corrected chi connectivity index (χ3v) is 3.03. The van der Waals surface area contributed by atoms with Crippen LogP contribution in [0.1, 0.15) is 22.8 Å². The molecule has 0 aromatic heterocycles. The van der Waals surface area contributed by atoms with Gasteiger partial charge in [0.2, 0.25) is 0 Å². The number of ketones is 1. The fourth-order valence-electron chi connectivity index (χ4n) is 1.14. The van der Waals surface area contributed by atoms with Crippen LogP contribution >= 0.6 is 38.5 Å². The first-order valence-electron chi connectivity index (χ1n) is 3.80. The van der Waals surface area contributed by atoms with Crippen molar-refractivity contribution < 1.29 is 18.0 Å². The number of carbonyl (C=O) groups is 1. The lowest BCUT2D eigenvalue weighted by Crippen LogP contribution is -2.14. The predicted molar refractivity (Wildman–Crippen MR) is 61.9 cm³/mol. The van der Waals surface area contributed by atoms with E-state index in [2.05, 4.69) is 15.9 Å². The molecule has 0 aliphatic carbocycles. The van der Waals surface area contributed by atoms with Gasteiger partial charge in [0.15, 0.2) is 5.78 Å². The molecule has 0 aliphatic rings. The average molecular weight is 393 g/mol. The summed E-state index contributed by atoms with van der Waals surface area (Å²) in [7, 11) is 0. The second-order valence-electron chi connectivity index (χ2n) is 2.86. The molecule has 0 N–H and O–H groups in total. The molecule has 1 aromatic carbocycles. The number of carbonyl (C=O) groups excluding carboxylic acids is 1. The van der Waals surface area contributed by atoms with E-state index in [1.807, 2.05) is 0 Å². The topological polar surface area (TPSA) is 17.1 Å². The summed E-state index contributed by atoms with van der Waals surface area (Å²) >= 11 is 4.63. The number of rotatable bonds is 1. The Morgan fingerprint density at radius 2 is 1.93 bits per heavy atom. The molecule has 0 heterocycles. The highest BCUT2D eigenvalue weighted by Gasteiger charge is 2.36. The summed E-state index contributed by atoms with van der Waals surface area (Å²) in [4.78, 5) is 11.1. The number of benzene rings is 1. The van der Waals surface area contributed by atoms with Gasteiger partial charge in [-0.3, -0.25) is 4.79 Å². The third kappa shape index (κ3) is 2.93. The largest absolute Gasteiger partial charge is 0.418 e. The predicted octanol–water partition coefficient (Wildman–Crippen LogP) is 4.28. The van der Waals surface area contributed by atoms with Crippen LogP contribution in [-0.4, -0.2) is 5.78 Å². The quantitative estimate of drug-likeness (QED) is 0.515. The summed E-state index contributed by atoms with van der Waals surface area (Å²) in [6.07, 6.45) is -4.50. The molecule has 0 atom stereocenters. The summed E-state index contributed by atoms with van der Waals surface area (Å²) in [5, 5.41) is 0. The lowest BCUT2D eigenvalue weighted by atomic mass is 10.0. The molecular weight excluding hydrogens is 388 g/mol. The van der Waals surface area contributed by atoms with Gasteiger partial charge in [0.05, 0.1) is 5.56 Å². The molecule has 0 unspecified atom stereocenters. The first-order valence-corrected chi connectivity index (χ1v) is 5.68. The van der Waals surface area contributed by atoms with Crippen LogP contribution < -0.4 is 0 Å². The van der Waals surface area contributed by atoms with Crippen molar-refractivity contribution in [3.8, 4) is 0 Å². The second-order valence-corrected chi connectivity index (χ2v) is 4.94. The Balaban J connectivity index is 3.55. The van der Waals surface area contributed by atoms with Crippen molar-refractivity contribution in [1.29, 1.82) is 0 Å².